The Hall–Kier alpha value is -2.79. The first kappa shape index (κ1) is 16.1. The molecule has 1 aliphatic rings. The number of carboxylic acid groups (broad SMARTS) is 1. The number of carbonyl (C=O) groups is 1. The molecule has 1 heterocycles. The summed E-state index contributed by atoms with van der Waals surface area (Å²) in [6, 6.07) is 16.2. The van der Waals surface area contributed by atoms with E-state index in [0.29, 0.717) is 16.3 Å². The lowest BCUT2D eigenvalue weighted by Crippen LogP contribution is -2.36. The largest absolute Gasteiger partial charge is 0.481 e. The van der Waals surface area contributed by atoms with Crippen molar-refractivity contribution in [2.45, 2.75) is 12.5 Å². The zero-order valence-electron chi connectivity index (χ0n) is 12.7. The third-order valence-corrected chi connectivity index (χ3v) is 4.01. The summed E-state index contributed by atoms with van der Waals surface area (Å²) in [5.41, 5.74) is 9.00. The van der Waals surface area contributed by atoms with Gasteiger partial charge in [0.15, 0.2) is 5.96 Å². The average molecular weight is 342 g/mol. The smallest absolute Gasteiger partial charge is 0.307 e. The van der Waals surface area contributed by atoms with E-state index in [1.807, 2.05) is 42.5 Å². The summed E-state index contributed by atoms with van der Waals surface area (Å²) >= 11 is 5.95. The molecule has 0 fully saturated rings. The van der Waals surface area contributed by atoms with Crippen LogP contribution in [0.2, 0.25) is 5.02 Å². The summed E-state index contributed by atoms with van der Waals surface area (Å²) in [6.45, 7) is 0. The second-order valence-corrected chi connectivity index (χ2v) is 5.87. The third kappa shape index (κ3) is 3.41. The zero-order valence-corrected chi connectivity index (χ0v) is 13.5. The van der Waals surface area contributed by atoms with Crippen LogP contribution in [0.1, 0.15) is 23.6 Å². The summed E-state index contributed by atoms with van der Waals surface area (Å²) < 4.78 is 0. The number of nitrogens with zero attached hydrogens (tertiary/aromatic N) is 1. The molecule has 3 rings (SSSR count). The van der Waals surface area contributed by atoms with E-state index < -0.39 is 12.0 Å². The molecule has 0 radical (unpaired) electrons. The maximum Gasteiger partial charge on any atom is 0.307 e. The van der Waals surface area contributed by atoms with Crippen molar-refractivity contribution in [1.29, 1.82) is 0 Å². The number of aliphatic carboxylic acids is 1. The number of aliphatic imine (C=N–C) groups is 1. The number of guanidine groups is 1. The van der Waals surface area contributed by atoms with E-state index in [9.17, 15) is 9.90 Å². The number of hydrogen-bond donors (Lipinski definition) is 3. The second kappa shape index (κ2) is 6.76. The number of hydrogen-bond acceptors (Lipinski definition) is 4. The minimum Gasteiger partial charge on any atom is -0.481 e. The molecule has 5 nitrogen and oxygen atoms in total. The van der Waals surface area contributed by atoms with Gasteiger partial charge in [-0.15, -0.1) is 0 Å². The number of benzene rings is 2. The Bertz CT molecular complexity index is 814. The van der Waals surface area contributed by atoms with Gasteiger partial charge in [-0.2, -0.15) is 0 Å². The molecule has 2 aromatic carbocycles. The molecule has 0 spiro atoms. The number of halogens is 1. The van der Waals surface area contributed by atoms with Crippen molar-refractivity contribution in [2.24, 2.45) is 10.7 Å². The molecule has 0 amide bonds. The first-order valence-electron chi connectivity index (χ1n) is 7.40. The molecule has 0 saturated carbocycles. The lowest BCUT2D eigenvalue weighted by Gasteiger charge is -2.27. The Morgan fingerprint density at radius 2 is 1.83 bits per heavy atom. The summed E-state index contributed by atoms with van der Waals surface area (Å²) in [5, 5.41) is 13.0. The molecule has 2 aromatic rings. The highest BCUT2D eigenvalue weighted by molar-refractivity contribution is 6.30. The normalized spacial score (nSPS) is 17.2. The Kier molecular flexibility index (Phi) is 4.53. The van der Waals surface area contributed by atoms with Crippen molar-refractivity contribution in [3.05, 3.63) is 76.3 Å². The van der Waals surface area contributed by atoms with Crippen LogP contribution in [0.5, 0.6) is 0 Å². The first-order valence-corrected chi connectivity index (χ1v) is 7.78. The standard InChI is InChI=1S/C18H16ClN3O2/c19-13-8-6-12(7-9-13)17-14(10-15(23)24)16(21-18(20)22-17)11-4-2-1-3-5-11/h1-9,17H,10H2,(H,23,24)(H3,20,21,22). The average Bonchev–Trinajstić information content (AvgIpc) is 2.57. The Labute approximate surface area is 144 Å². The summed E-state index contributed by atoms with van der Waals surface area (Å²) in [4.78, 5) is 15.8. The van der Waals surface area contributed by atoms with Crippen LogP contribution >= 0.6 is 11.6 Å². The minimum absolute atomic E-state index is 0.138. The van der Waals surface area contributed by atoms with Crippen LogP contribution in [0, 0.1) is 0 Å². The Balaban J connectivity index is 2.13. The van der Waals surface area contributed by atoms with E-state index in [1.54, 1.807) is 12.1 Å². The maximum atomic E-state index is 11.4. The second-order valence-electron chi connectivity index (χ2n) is 5.43. The van der Waals surface area contributed by atoms with Crippen LogP contribution in [-0.2, 0) is 4.79 Å². The maximum absolute atomic E-state index is 11.4. The quantitative estimate of drug-likeness (QED) is 0.797. The first-order chi connectivity index (χ1) is 11.5. The fourth-order valence-electron chi connectivity index (χ4n) is 2.73. The monoisotopic (exact) mass is 341 g/mol. The number of rotatable bonds is 4. The Morgan fingerprint density at radius 3 is 2.46 bits per heavy atom. The summed E-state index contributed by atoms with van der Waals surface area (Å²) in [6.07, 6.45) is -0.138. The van der Waals surface area contributed by atoms with Gasteiger partial charge >= 0.3 is 5.97 Å². The van der Waals surface area contributed by atoms with Gasteiger partial charge in [-0.25, -0.2) is 4.99 Å². The van der Waals surface area contributed by atoms with Crippen LogP contribution in [0.25, 0.3) is 5.70 Å². The lowest BCUT2D eigenvalue weighted by molar-refractivity contribution is -0.136. The summed E-state index contributed by atoms with van der Waals surface area (Å²) in [5.74, 6) is -0.669. The molecular formula is C18H16ClN3O2. The summed E-state index contributed by atoms with van der Waals surface area (Å²) in [7, 11) is 0. The van der Waals surface area contributed by atoms with Gasteiger partial charge in [-0.3, -0.25) is 4.79 Å². The molecule has 122 valence electrons. The number of nitrogens with one attached hydrogen (secondary N) is 1. The fourth-order valence-corrected chi connectivity index (χ4v) is 2.85. The predicted molar refractivity (Wildman–Crippen MR) is 94.6 cm³/mol. The topological polar surface area (TPSA) is 87.7 Å². The molecule has 1 aliphatic heterocycles. The van der Waals surface area contributed by atoms with Gasteiger partial charge < -0.3 is 16.2 Å². The molecule has 0 saturated heterocycles. The molecule has 6 heteroatoms. The molecule has 0 aromatic heterocycles. The Morgan fingerprint density at radius 1 is 1.17 bits per heavy atom. The lowest BCUT2D eigenvalue weighted by atomic mass is 9.91. The van der Waals surface area contributed by atoms with E-state index in [0.717, 1.165) is 11.1 Å². The molecule has 1 atom stereocenters. The van der Waals surface area contributed by atoms with Crippen molar-refractivity contribution in [2.75, 3.05) is 0 Å². The van der Waals surface area contributed by atoms with Crippen LogP contribution in [0.4, 0.5) is 0 Å². The molecular weight excluding hydrogens is 326 g/mol. The van der Waals surface area contributed by atoms with Gasteiger partial charge in [0, 0.05) is 5.02 Å². The SMILES string of the molecule is NC1=NC(c2ccc(Cl)cc2)C(CC(=O)O)=C(c2ccccc2)N1. The highest BCUT2D eigenvalue weighted by Crippen LogP contribution is 2.36. The number of nitrogens with two attached hydrogens (primary N) is 1. The minimum atomic E-state index is -0.921. The van der Waals surface area contributed by atoms with E-state index in [2.05, 4.69) is 10.3 Å². The molecule has 1 unspecified atom stereocenters. The van der Waals surface area contributed by atoms with Crippen LogP contribution in [-0.4, -0.2) is 17.0 Å². The third-order valence-electron chi connectivity index (χ3n) is 3.76. The van der Waals surface area contributed by atoms with Crippen molar-refractivity contribution in [1.82, 2.24) is 5.32 Å². The van der Waals surface area contributed by atoms with Crippen LogP contribution < -0.4 is 11.1 Å². The number of carboxylic acids is 1. The van der Waals surface area contributed by atoms with Crippen molar-refractivity contribution < 1.29 is 9.90 Å². The molecule has 0 bridgehead atoms. The van der Waals surface area contributed by atoms with Gasteiger partial charge in [0.2, 0.25) is 0 Å². The molecule has 4 N–H and O–H groups in total. The van der Waals surface area contributed by atoms with E-state index in [4.69, 9.17) is 17.3 Å². The fraction of sp³-hybridized carbons (Fsp3) is 0.111. The predicted octanol–water partition coefficient (Wildman–Crippen LogP) is 3.19. The molecule has 24 heavy (non-hydrogen) atoms. The molecule has 0 aliphatic carbocycles. The van der Waals surface area contributed by atoms with Gasteiger partial charge in [0.05, 0.1) is 12.1 Å². The van der Waals surface area contributed by atoms with Gasteiger partial charge in [-0.05, 0) is 28.8 Å². The van der Waals surface area contributed by atoms with E-state index in [-0.39, 0.29) is 12.4 Å². The van der Waals surface area contributed by atoms with Gasteiger partial charge in [0.25, 0.3) is 0 Å². The zero-order chi connectivity index (χ0) is 17.1. The van der Waals surface area contributed by atoms with Gasteiger partial charge in [0.1, 0.15) is 6.04 Å². The van der Waals surface area contributed by atoms with Crippen molar-refractivity contribution in [3.8, 4) is 0 Å². The van der Waals surface area contributed by atoms with E-state index >= 15 is 0 Å². The van der Waals surface area contributed by atoms with E-state index in [1.165, 1.54) is 0 Å². The highest BCUT2D eigenvalue weighted by atomic mass is 35.5. The highest BCUT2D eigenvalue weighted by Gasteiger charge is 2.27. The van der Waals surface area contributed by atoms with Crippen LogP contribution in [0.3, 0.4) is 0 Å². The van der Waals surface area contributed by atoms with Gasteiger partial charge in [-0.1, -0.05) is 54.1 Å². The van der Waals surface area contributed by atoms with Crippen molar-refractivity contribution >= 4 is 29.2 Å². The van der Waals surface area contributed by atoms with Crippen molar-refractivity contribution in [3.63, 3.8) is 0 Å². The van der Waals surface area contributed by atoms with Crippen LogP contribution in [0.15, 0.2) is 65.2 Å².